The van der Waals surface area contributed by atoms with E-state index >= 15 is 0 Å². The lowest BCUT2D eigenvalue weighted by atomic mass is 9.89. The number of nitrogens with zero attached hydrogens (tertiary/aromatic N) is 1. The molecule has 1 aromatic carbocycles. The van der Waals surface area contributed by atoms with E-state index in [4.69, 9.17) is 4.74 Å². The molecule has 0 aromatic heterocycles. The highest BCUT2D eigenvalue weighted by Crippen LogP contribution is 2.41. The van der Waals surface area contributed by atoms with Gasteiger partial charge in [0.05, 0.1) is 6.61 Å². The van der Waals surface area contributed by atoms with Crippen LogP contribution in [0.25, 0.3) is 0 Å². The number of hydrogen-bond acceptors (Lipinski definition) is 3. The van der Waals surface area contributed by atoms with Crippen molar-refractivity contribution in [2.75, 3.05) is 6.61 Å². The van der Waals surface area contributed by atoms with Crippen molar-refractivity contribution < 1.29 is 19.4 Å². The van der Waals surface area contributed by atoms with Gasteiger partial charge in [-0.25, -0.2) is 4.79 Å². The van der Waals surface area contributed by atoms with Crippen LogP contribution >= 0.6 is 0 Å². The summed E-state index contributed by atoms with van der Waals surface area (Å²) in [5.74, 6) is -1.24. The summed E-state index contributed by atoms with van der Waals surface area (Å²) < 4.78 is 5.86. The highest BCUT2D eigenvalue weighted by atomic mass is 16.5. The summed E-state index contributed by atoms with van der Waals surface area (Å²) in [7, 11) is 0. The molecule has 2 aliphatic rings. The zero-order valence-corrected chi connectivity index (χ0v) is 12.7. The SMILES string of the molecule is Cc1ccc(C(=O)N2[C@H](C(=O)O)COC23CCCCC3)cc1. The molecule has 1 atom stereocenters. The average Bonchev–Trinajstić information content (AvgIpc) is 2.87. The maximum Gasteiger partial charge on any atom is 0.328 e. The van der Waals surface area contributed by atoms with E-state index in [1.807, 2.05) is 19.1 Å². The maximum atomic E-state index is 12.9. The van der Waals surface area contributed by atoms with Gasteiger partial charge in [0.25, 0.3) is 5.91 Å². The molecule has 2 fully saturated rings. The standard InChI is InChI=1S/C17H21NO4/c1-12-5-7-13(8-6-12)15(19)18-14(16(20)21)11-22-17(18)9-3-2-4-10-17/h5-8,14H,2-4,9-11H2,1H3,(H,20,21)/t14-/m0/s1. The van der Waals surface area contributed by atoms with Crippen LogP contribution in [0.15, 0.2) is 24.3 Å². The Kier molecular flexibility index (Phi) is 3.91. The van der Waals surface area contributed by atoms with Crippen molar-refractivity contribution >= 4 is 11.9 Å². The van der Waals surface area contributed by atoms with E-state index in [0.717, 1.165) is 24.8 Å². The predicted molar refractivity (Wildman–Crippen MR) is 80.5 cm³/mol. The minimum Gasteiger partial charge on any atom is -0.480 e. The van der Waals surface area contributed by atoms with Gasteiger partial charge < -0.3 is 9.84 Å². The average molecular weight is 303 g/mol. The molecule has 1 amide bonds. The zero-order valence-electron chi connectivity index (χ0n) is 12.7. The Bertz CT molecular complexity index is 575. The number of benzene rings is 1. The van der Waals surface area contributed by atoms with Crippen molar-refractivity contribution in [1.82, 2.24) is 4.90 Å². The topological polar surface area (TPSA) is 66.8 Å². The summed E-state index contributed by atoms with van der Waals surface area (Å²) in [6.07, 6.45) is 4.46. The summed E-state index contributed by atoms with van der Waals surface area (Å²) in [5.41, 5.74) is 0.854. The van der Waals surface area contributed by atoms with Gasteiger partial charge in [0, 0.05) is 5.56 Å². The molecular weight excluding hydrogens is 282 g/mol. The van der Waals surface area contributed by atoms with E-state index in [-0.39, 0.29) is 12.5 Å². The van der Waals surface area contributed by atoms with Crippen molar-refractivity contribution in [1.29, 1.82) is 0 Å². The molecule has 0 bridgehead atoms. The highest BCUT2D eigenvalue weighted by molar-refractivity contribution is 5.97. The van der Waals surface area contributed by atoms with Crippen molar-refractivity contribution in [3.05, 3.63) is 35.4 Å². The molecule has 1 saturated carbocycles. The van der Waals surface area contributed by atoms with E-state index in [1.165, 1.54) is 4.90 Å². The van der Waals surface area contributed by atoms with Crippen LogP contribution in [0.2, 0.25) is 0 Å². The third kappa shape index (κ3) is 2.50. The molecule has 5 heteroatoms. The second-order valence-electron chi connectivity index (χ2n) is 6.21. The monoisotopic (exact) mass is 303 g/mol. The number of carboxylic acids is 1. The summed E-state index contributed by atoms with van der Waals surface area (Å²) in [5, 5.41) is 9.46. The molecule has 0 radical (unpaired) electrons. The van der Waals surface area contributed by atoms with Gasteiger partial charge in [-0.05, 0) is 44.7 Å². The Morgan fingerprint density at radius 3 is 2.41 bits per heavy atom. The fourth-order valence-corrected chi connectivity index (χ4v) is 3.50. The first-order valence-electron chi connectivity index (χ1n) is 7.81. The molecule has 1 aliphatic carbocycles. The van der Waals surface area contributed by atoms with Crippen LogP contribution in [0.4, 0.5) is 0 Å². The third-order valence-electron chi connectivity index (χ3n) is 4.70. The largest absolute Gasteiger partial charge is 0.480 e. The second-order valence-corrected chi connectivity index (χ2v) is 6.21. The van der Waals surface area contributed by atoms with E-state index < -0.39 is 17.7 Å². The minimum absolute atomic E-state index is 0.0763. The smallest absolute Gasteiger partial charge is 0.328 e. The second kappa shape index (κ2) is 5.72. The van der Waals surface area contributed by atoms with Crippen LogP contribution in [0.1, 0.15) is 48.0 Å². The Morgan fingerprint density at radius 1 is 1.18 bits per heavy atom. The van der Waals surface area contributed by atoms with Crippen LogP contribution < -0.4 is 0 Å². The highest BCUT2D eigenvalue weighted by Gasteiger charge is 2.53. The van der Waals surface area contributed by atoms with Crippen molar-refractivity contribution in [3.63, 3.8) is 0 Å². The van der Waals surface area contributed by atoms with Crippen LogP contribution in [-0.4, -0.2) is 40.3 Å². The number of carboxylic acid groups (broad SMARTS) is 1. The number of rotatable bonds is 2. The van der Waals surface area contributed by atoms with Crippen LogP contribution in [-0.2, 0) is 9.53 Å². The lowest BCUT2D eigenvalue weighted by Gasteiger charge is -2.41. The van der Waals surface area contributed by atoms with Crippen LogP contribution in [0.3, 0.4) is 0 Å². The predicted octanol–water partition coefficient (Wildman–Crippen LogP) is 2.58. The van der Waals surface area contributed by atoms with Gasteiger partial charge in [0.15, 0.2) is 6.04 Å². The van der Waals surface area contributed by atoms with Gasteiger partial charge in [-0.2, -0.15) is 0 Å². The molecule has 22 heavy (non-hydrogen) atoms. The first-order valence-corrected chi connectivity index (χ1v) is 7.81. The zero-order chi connectivity index (χ0) is 15.7. The molecule has 1 spiro atoms. The van der Waals surface area contributed by atoms with Gasteiger partial charge in [0.2, 0.25) is 0 Å². The number of ether oxygens (including phenoxy) is 1. The quantitative estimate of drug-likeness (QED) is 0.912. The van der Waals surface area contributed by atoms with Crippen LogP contribution in [0, 0.1) is 6.92 Å². The minimum atomic E-state index is -0.997. The van der Waals surface area contributed by atoms with Gasteiger partial charge >= 0.3 is 5.97 Å². The summed E-state index contributed by atoms with van der Waals surface area (Å²) >= 11 is 0. The number of carbonyl (C=O) groups excluding carboxylic acids is 1. The Hall–Kier alpha value is -1.88. The van der Waals surface area contributed by atoms with Crippen molar-refractivity contribution in [3.8, 4) is 0 Å². The lowest BCUT2D eigenvalue weighted by molar-refractivity contribution is -0.143. The van der Waals surface area contributed by atoms with Crippen molar-refractivity contribution in [2.24, 2.45) is 0 Å². The number of aryl methyl sites for hydroxylation is 1. The van der Waals surface area contributed by atoms with E-state index in [2.05, 4.69) is 0 Å². The molecule has 1 heterocycles. The fourth-order valence-electron chi connectivity index (χ4n) is 3.50. The number of amides is 1. The number of carbonyl (C=O) groups is 2. The first-order chi connectivity index (χ1) is 10.5. The molecule has 3 rings (SSSR count). The molecule has 1 aliphatic heterocycles. The van der Waals surface area contributed by atoms with Gasteiger partial charge in [0.1, 0.15) is 5.72 Å². The molecule has 0 unspecified atom stereocenters. The van der Waals surface area contributed by atoms with Gasteiger partial charge in [-0.1, -0.05) is 24.1 Å². The Labute approximate surface area is 129 Å². The summed E-state index contributed by atoms with van der Waals surface area (Å²) in [6, 6.07) is 6.35. The third-order valence-corrected chi connectivity index (χ3v) is 4.70. The van der Waals surface area contributed by atoms with E-state index in [0.29, 0.717) is 18.4 Å². The normalized spacial score (nSPS) is 23.7. The lowest BCUT2D eigenvalue weighted by Crippen LogP contribution is -2.54. The van der Waals surface area contributed by atoms with E-state index in [9.17, 15) is 14.7 Å². The van der Waals surface area contributed by atoms with Gasteiger partial charge in [-0.3, -0.25) is 9.69 Å². The number of hydrogen-bond donors (Lipinski definition) is 1. The van der Waals surface area contributed by atoms with Gasteiger partial charge in [-0.15, -0.1) is 0 Å². The van der Waals surface area contributed by atoms with E-state index in [1.54, 1.807) is 12.1 Å². The summed E-state index contributed by atoms with van der Waals surface area (Å²) in [6.45, 7) is 2.03. The molecule has 1 N–H and O–H groups in total. The van der Waals surface area contributed by atoms with Crippen molar-refractivity contribution in [2.45, 2.75) is 50.8 Å². The molecule has 1 aromatic rings. The molecule has 5 nitrogen and oxygen atoms in total. The maximum absolute atomic E-state index is 12.9. The van der Waals surface area contributed by atoms with Crippen LogP contribution in [0.5, 0.6) is 0 Å². The molecule has 1 saturated heterocycles. The number of aliphatic carboxylic acids is 1. The fraction of sp³-hybridized carbons (Fsp3) is 0.529. The summed E-state index contributed by atoms with van der Waals surface area (Å²) in [4.78, 5) is 26.0. The first kappa shape index (κ1) is 15.0. The molecule has 118 valence electrons. The Balaban J connectivity index is 1.95. The molecular formula is C17H21NO4. The Morgan fingerprint density at radius 2 is 1.82 bits per heavy atom.